The maximum absolute atomic E-state index is 13.2. The molecule has 0 unspecified atom stereocenters. The van der Waals surface area contributed by atoms with E-state index in [1.54, 1.807) is 18.4 Å². The van der Waals surface area contributed by atoms with Gasteiger partial charge < -0.3 is 14.6 Å². The molecule has 0 spiro atoms. The summed E-state index contributed by atoms with van der Waals surface area (Å²) >= 11 is 1.45. The van der Waals surface area contributed by atoms with E-state index in [1.165, 1.54) is 23.5 Å². The van der Waals surface area contributed by atoms with Gasteiger partial charge in [0, 0.05) is 13.1 Å². The molecule has 3 heterocycles. The molecule has 1 aliphatic heterocycles. The first kappa shape index (κ1) is 14.2. The van der Waals surface area contributed by atoms with Crippen molar-refractivity contribution in [3.8, 4) is 0 Å². The van der Waals surface area contributed by atoms with Crippen LogP contribution in [0, 0.1) is 11.7 Å². The molecule has 1 amide bonds. The fourth-order valence-electron chi connectivity index (χ4n) is 2.55. The Bertz CT molecular complexity index is 840. The van der Waals surface area contributed by atoms with Crippen molar-refractivity contribution >= 4 is 32.6 Å². The van der Waals surface area contributed by atoms with E-state index in [-0.39, 0.29) is 17.6 Å². The van der Waals surface area contributed by atoms with Crippen molar-refractivity contribution in [3.63, 3.8) is 0 Å². The number of nitrogens with zero attached hydrogens (tertiary/aromatic N) is 2. The molecule has 1 fully saturated rings. The van der Waals surface area contributed by atoms with Crippen LogP contribution in [0.25, 0.3) is 10.2 Å². The van der Waals surface area contributed by atoms with Gasteiger partial charge in [0.15, 0.2) is 5.13 Å². The summed E-state index contributed by atoms with van der Waals surface area (Å²) in [5.74, 6) is 0.452. The van der Waals surface area contributed by atoms with Gasteiger partial charge in [0.2, 0.25) is 5.91 Å². The Morgan fingerprint density at radius 3 is 3.09 bits per heavy atom. The van der Waals surface area contributed by atoms with Crippen LogP contribution >= 0.6 is 11.3 Å². The molecule has 2 aromatic heterocycles. The molecule has 5 nitrogen and oxygen atoms in total. The maximum atomic E-state index is 13.2. The van der Waals surface area contributed by atoms with Crippen LogP contribution in [-0.2, 0) is 11.3 Å². The summed E-state index contributed by atoms with van der Waals surface area (Å²) in [7, 11) is 0. The number of carbonyl (C=O) groups is 1. The summed E-state index contributed by atoms with van der Waals surface area (Å²) in [6.45, 7) is 1.67. The highest BCUT2D eigenvalue weighted by Crippen LogP contribution is 2.33. The lowest BCUT2D eigenvalue weighted by molar-refractivity contribution is -0.125. The highest BCUT2D eigenvalue weighted by molar-refractivity contribution is 7.22. The van der Waals surface area contributed by atoms with Crippen LogP contribution in [0.3, 0.4) is 0 Å². The Kier molecular flexibility index (Phi) is 3.49. The third-order valence-corrected chi connectivity index (χ3v) is 4.96. The number of hydrogen-bond acceptors (Lipinski definition) is 5. The Morgan fingerprint density at radius 2 is 2.30 bits per heavy atom. The molecular formula is C16H14FN3O2S. The van der Waals surface area contributed by atoms with E-state index in [4.69, 9.17) is 4.42 Å². The lowest BCUT2D eigenvalue weighted by atomic mass is 10.0. The largest absolute Gasteiger partial charge is 0.467 e. The molecule has 1 aliphatic rings. The minimum absolute atomic E-state index is 0.0183. The summed E-state index contributed by atoms with van der Waals surface area (Å²) < 4.78 is 19.2. The van der Waals surface area contributed by atoms with Gasteiger partial charge in [0.1, 0.15) is 11.6 Å². The Labute approximate surface area is 135 Å². The molecule has 7 heteroatoms. The van der Waals surface area contributed by atoms with Gasteiger partial charge >= 0.3 is 0 Å². The number of benzene rings is 1. The minimum Gasteiger partial charge on any atom is -0.467 e. The van der Waals surface area contributed by atoms with Gasteiger partial charge in [-0.2, -0.15) is 0 Å². The van der Waals surface area contributed by atoms with Gasteiger partial charge in [-0.05, 0) is 30.3 Å². The van der Waals surface area contributed by atoms with Crippen molar-refractivity contribution in [2.24, 2.45) is 5.92 Å². The number of thiazole rings is 1. The molecule has 0 bridgehead atoms. The Morgan fingerprint density at radius 1 is 1.43 bits per heavy atom. The molecular weight excluding hydrogens is 317 g/mol. The summed E-state index contributed by atoms with van der Waals surface area (Å²) in [5.41, 5.74) is 0.789. The van der Waals surface area contributed by atoms with E-state index in [0.717, 1.165) is 21.1 Å². The molecule has 3 aromatic rings. The van der Waals surface area contributed by atoms with Gasteiger partial charge in [-0.15, -0.1) is 0 Å². The molecule has 4 rings (SSSR count). The zero-order chi connectivity index (χ0) is 15.8. The highest BCUT2D eigenvalue weighted by atomic mass is 32.1. The van der Waals surface area contributed by atoms with Crippen molar-refractivity contribution in [2.75, 3.05) is 18.0 Å². The average Bonchev–Trinajstić information content (AvgIpc) is 3.12. The third kappa shape index (κ3) is 2.79. The zero-order valence-corrected chi connectivity index (χ0v) is 13.0. The molecule has 1 aromatic carbocycles. The topological polar surface area (TPSA) is 58.4 Å². The smallest absolute Gasteiger partial charge is 0.227 e. The van der Waals surface area contributed by atoms with Gasteiger partial charge in [0.05, 0.1) is 28.9 Å². The summed E-state index contributed by atoms with van der Waals surface area (Å²) in [4.78, 5) is 18.6. The van der Waals surface area contributed by atoms with E-state index in [2.05, 4.69) is 10.3 Å². The minimum atomic E-state index is -0.258. The van der Waals surface area contributed by atoms with Crippen LogP contribution in [0.4, 0.5) is 9.52 Å². The van der Waals surface area contributed by atoms with E-state index >= 15 is 0 Å². The van der Waals surface area contributed by atoms with Crippen molar-refractivity contribution in [1.29, 1.82) is 0 Å². The fraction of sp³-hybridized carbons (Fsp3) is 0.250. The maximum Gasteiger partial charge on any atom is 0.227 e. The number of hydrogen-bond donors (Lipinski definition) is 1. The van der Waals surface area contributed by atoms with Crippen molar-refractivity contribution in [3.05, 3.63) is 48.2 Å². The summed E-state index contributed by atoms with van der Waals surface area (Å²) in [6.07, 6.45) is 1.59. The number of rotatable bonds is 4. The highest BCUT2D eigenvalue weighted by Gasteiger charge is 2.34. The predicted octanol–water partition coefficient (Wildman–Crippen LogP) is 2.78. The fourth-order valence-corrected chi connectivity index (χ4v) is 3.56. The molecule has 0 aliphatic carbocycles. The van der Waals surface area contributed by atoms with Crippen LogP contribution in [-0.4, -0.2) is 24.0 Å². The van der Waals surface area contributed by atoms with Crippen molar-refractivity contribution in [2.45, 2.75) is 6.54 Å². The first-order valence-corrected chi connectivity index (χ1v) is 8.12. The van der Waals surface area contributed by atoms with Crippen LogP contribution in [0.1, 0.15) is 5.76 Å². The third-order valence-electron chi connectivity index (χ3n) is 3.88. The second-order valence-corrected chi connectivity index (χ2v) is 6.52. The summed E-state index contributed by atoms with van der Waals surface area (Å²) in [6, 6.07) is 8.20. The molecule has 0 radical (unpaired) electrons. The first-order valence-electron chi connectivity index (χ1n) is 7.30. The van der Waals surface area contributed by atoms with Gasteiger partial charge in [-0.3, -0.25) is 4.79 Å². The van der Waals surface area contributed by atoms with E-state index < -0.39 is 0 Å². The van der Waals surface area contributed by atoms with Crippen molar-refractivity contribution < 1.29 is 13.6 Å². The number of halogens is 1. The first-order chi connectivity index (χ1) is 11.2. The molecule has 0 atom stereocenters. The van der Waals surface area contributed by atoms with Crippen LogP contribution in [0.15, 0.2) is 41.0 Å². The van der Waals surface area contributed by atoms with Gasteiger partial charge in [-0.25, -0.2) is 9.37 Å². The lowest BCUT2D eigenvalue weighted by Crippen LogP contribution is -2.53. The predicted molar refractivity (Wildman–Crippen MR) is 85.8 cm³/mol. The number of furan rings is 1. The van der Waals surface area contributed by atoms with E-state index in [1.807, 2.05) is 11.0 Å². The number of fused-ring (bicyclic) bond motifs is 1. The standard InChI is InChI=1S/C16H14FN3O2S/c17-11-3-4-13-14(6-11)23-16(19-13)20-8-10(9-20)15(21)18-7-12-2-1-5-22-12/h1-6,10H,7-9H2,(H,18,21). The van der Waals surface area contributed by atoms with Gasteiger partial charge in [-0.1, -0.05) is 11.3 Å². The second kappa shape index (κ2) is 5.66. The monoisotopic (exact) mass is 331 g/mol. The zero-order valence-electron chi connectivity index (χ0n) is 12.2. The Balaban J connectivity index is 1.35. The quantitative estimate of drug-likeness (QED) is 0.799. The average molecular weight is 331 g/mol. The van der Waals surface area contributed by atoms with Gasteiger partial charge in [0.25, 0.3) is 0 Å². The molecule has 118 valence electrons. The Hall–Kier alpha value is -2.41. The van der Waals surface area contributed by atoms with Crippen LogP contribution in [0.5, 0.6) is 0 Å². The summed E-state index contributed by atoms with van der Waals surface area (Å²) in [5, 5.41) is 3.70. The van der Waals surface area contributed by atoms with E-state index in [0.29, 0.717) is 19.6 Å². The number of anilines is 1. The molecule has 23 heavy (non-hydrogen) atoms. The number of carbonyl (C=O) groups excluding carboxylic acids is 1. The van der Waals surface area contributed by atoms with Crippen molar-refractivity contribution in [1.82, 2.24) is 10.3 Å². The molecule has 0 saturated carbocycles. The van der Waals surface area contributed by atoms with E-state index in [9.17, 15) is 9.18 Å². The normalized spacial score (nSPS) is 14.9. The van der Waals surface area contributed by atoms with Crippen LogP contribution in [0.2, 0.25) is 0 Å². The van der Waals surface area contributed by atoms with Crippen LogP contribution < -0.4 is 10.2 Å². The number of nitrogens with one attached hydrogen (secondary N) is 1. The number of aromatic nitrogens is 1. The molecule has 1 N–H and O–H groups in total. The second-order valence-electron chi connectivity index (χ2n) is 5.51. The SMILES string of the molecule is O=C(NCc1ccco1)C1CN(c2nc3ccc(F)cc3s2)C1. The molecule has 1 saturated heterocycles. The number of amides is 1. The lowest BCUT2D eigenvalue weighted by Gasteiger charge is -2.37.